The van der Waals surface area contributed by atoms with Crippen LogP contribution < -0.4 is 11.5 Å². The minimum atomic E-state index is -0.605. The standard InChI is InChI=1S/C11H11ClN4O/c1-6-2-3-7(4-9(6)12)16-10(13)8(5-15-16)11(14)17/h2-5H,13H2,1H3,(H2,14,17). The molecule has 0 bridgehead atoms. The number of aromatic nitrogens is 2. The molecule has 2 rings (SSSR count). The van der Waals surface area contributed by atoms with Gasteiger partial charge < -0.3 is 11.5 Å². The number of anilines is 1. The number of rotatable bonds is 2. The Morgan fingerprint density at radius 1 is 1.47 bits per heavy atom. The van der Waals surface area contributed by atoms with Crippen LogP contribution in [0.4, 0.5) is 5.82 Å². The van der Waals surface area contributed by atoms with E-state index in [1.165, 1.54) is 10.9 Å². The molecule has 88 valence electrons. The zero-order chi connectivity index (χ0) is 12.6. The molecule has 0 saturated heterocycles. The van der Waals surface area contributed by atoms with Crippen LogP contribution in [0.15, 0.2) is 24.4 Å². The molecule has 0 fully saturated rings. The predicted molar refractivity (Wildman–Crippen MR) is 66.2 cm³/mol. The van der Waals surface area contributed by atoms with E-state index in [4.69, 9.17) is 23.1 Å². The smallest absolute Gasteiger partial charge is 0.254 e. The quantitative estimate of drug-likeness (QED) is 0.847. The number of carbonyl (C=O) groups is 1. The molecule has 0 atom stereocenters. The Balaban J connectivity index is 2.53. The van der Waals surface area contributed by atoms with Gasteiger partial charge in [0, 0.05) is 5.02 Å². The first-order valence-electron chi connectivity index (χ1n) is 4.90. The fraction of sp³-hybridized carbons (Fsp3) is 0.0909. The molecule has 1 heterocycles. The minimum absolute atomic E-state index is 0.196. The molecule has 17 heavy (non-hydrogen) atoms. The number of nitrogens with two attached hydrogens (primary N) is 2. The number of primary amides is 1. The van der Waals surface area contributed by atoms with Crippen molar-refractivity contribution in [3.8, 4) is 5.69 Å². The Morgan fingerprint density at radius 3 is 2.71 bits per heavy atom. The molecule has 0 aliphatic carbocycles. The monoisotopic (exact) mass is 250 g/mol. The van der Waals surface area contributed by atoms with Crippen LogP contribution in [0.1, 0.15) is 15.9 Å². The Bertz CT molecular complexity index is 591. The maximum atomic E-state index is 11.1. The van der Waals surface area contributed by atoms with Crippen LogP contribution in [0.5, 0.6) is 0 Å². The average Bonchev–Trinajstić information content (AvgIpc) is 2.64. The van der Waals surface area contributed by atoms with E-state index in [0.717, 1.165) is 5.56 Å². The summed E-state index contributed by atoms with van der Waals surface area (Å²) in [7, 11) is 0. The molecule has 5 nitrogen and oxygen atoms in total. The molecular formula is C11H11ClN4O. The Labute approximate surface area is 103 Å². The molecule has 0 saturated carbocycles. The highest BCUT2D eigenvalue weighted by Gasteiger charge is 2.13. The van der Waals surface area contributed by atoms with Gasteiger partial charge in [-0.25, -0.2) is 4.68 Å². The molecule has 4 N–H and O–H groups in total. The van der Waals surface area contributed by atoms with Crippen LogP contribution in [-0.4, -0.2) is 15.7 Å². The van der Waals surface area contributed by atoms with E-state index in [9.17, 15) is 4.79 Å². The maximum Gasteiger partial charge on any atom is 0.254 e. The highest BCUT2D eigenvalue weighted by Crippen LogP contribution is 2.22. The highest BCUT2D eigenvalue weighted by molar-refractivity contribution is 6.31. The maximum absolute atomic E-state index is 11.1. The Morgan fingerprint density at radius 2 is 2.18 bits per heavy atom. The third-order valence-electron chi connectivity index (χ3n) is 2.47. The largest absolute Gasteiger partial charge is 0.383 e. The van der Waals surface area contributed by atoms with Gasteiger partial charge in [-0.05, 0) is 24.6 Å². The lowest BCUT2D eigenvalue weighted by molar-refractivity contribution is 0.100. The second kappa shape index (κ2) is 4.10. The second-order valence-corrected chi connectivity index (χ2v) is 4.06. The highest BCUT2D eigenvalue weighted by atomic mass is 35.5. The van der Waals surface area contributed by atoms with Crippen molar-refractivity contribution in [3.63, 3.8) is 0 Å². The van der Waals surface area contributed by atoms with Crippen LogP contribution in [-0.2, 0) is 0 Å². The Kier molecular flexibility index (Phi) is 2.77. The van der Waals surface area contributed by atoms with Crippen LogP contribution in [0.2, 0.25) is 5.02 Å². The molecule has 0 radical (unpaired) electrons. The predicted octanol–water partition coefficient (Wildman–Crippen LogP) is 1.52. The summed E-state index contributed by atoms with van der Waals surface area (Å²) < 4.78 is 1.42. The van der Waals surface area contributed by atoms with Crippen molar-refractivity contribution >= 4 is 23.3 Å². The van der Waals surface area contributed by atoms with Crippen molar-refractivity contribution in [2.75, 3.05) is 5.73 Å². The zero-order valence-electron chi connectivity index (χ0n) is 9.14. The molecule has 0 aliphatic rings. The number of amides is 1. The first kappa shape index (κ1) is 11.5. The van der Waals surface area contributed by atoms with Gasteiger partial charge >= 0.3 is 0 Å². The lowest BCUT2D eigenvalue weighted by Crippen LogP contribution is -2.13. The number of hydrogen-bond acceptors (Lipinski definition) is 3. The van der Waals surface area contributed by atoms with Crippen molar-refractivity contribution in [2.45, 2.75) is 6.92 Å². The van der Waals surface area contributed by atoms with E-state index >= 15 is 0 Å². The van der Waals surface area contributed by atoms with Crippen molar-refractivity contribution in [1.82, 2.24) is 9.78 Å². The summed E-state index contributed by atoms with van der Waals surface area (Å²) in [5.41, 5.74) is 12.8. The summed E-state index contributed by atoms with van der Waals surface area (Å²) in [6.07, 6.45) is 1.34. The third kappa shape index (κ3) is 1.97. The summed E-state index contributed by atoms with van der Waals surface area (Å²) in [4.78, 5) is 11.1. The topological polar surface area (TPSA) is 86.9 Å². The van der Waals surface area contributed by atoms with Crippen LogP contribution in [0, 0.1) is 6.92 Å². The van der Waals surface area contributed by atoms with Crippen LogP contribution >= 0.6 is 11.6 Å². The lowest BCUT2D eigenvalue weighted by Gasteiger charge is -2.06. The number of nitrogens with zero attached hydrogens (tertiary/aromatic N) is 2. The number of halogens is 1. The summed E-state index contributed by atoms with van der Waals surface area (Å²) in [6, 6.07) is 5.39. The number of carbonyl (C=O) groups excluding carboxylic acids is 1. The van der Waals surface area contributed by atoms with E-state index in [0.29, 0.717) is 10.7 Å². The SMILES string of the molecule is Cc1ccc(-n2ncc(C(N)=O)c2N)cc1Cl. The summed E-state index contributed by atoms with van der Waals surface area (Å²) in [5, 5.41) is 4.62. The number of aryl methyl sites for hydroxylation is 1. The third-order valence-corrected chi connectivity index (χ3v) is 2.88. The second-order valence-electron chi connectivity index (χ2n) is 3.65. The molecule has 0 spiro atoms. The molecule has 2 aromatic rings. The first-order chi connectivity index (χ1) is 8.00. The van der Waals surface area contributed by atoms with Crippen molar-refractivity contribution < 1.29 is 4.79 Å². The number of hydrogen-bond donors (Lipinski definition) is 2. The molecule has 1 aromatic carbocycles. The van der Waals surface area contributed by atoms with Crippen LogP contribution in [0.25, 0.3) is 5.69 Å². The molecule has 1 aromatic heterocycles. The van der Waals surface area contributed by atoms with Gasteiger partial charge in [0.15, 0.2) is 0 Å². The van der Waals surface area contributed by atoms with Gasteiger partial charge in [-0.2, -0.15) is 5.10 Å². The van der Waals surface area contributed by atoms with E-state index < -0.39 is 5.91 Å². The van der Waals surface area contributed by atoms with E-state index in [-0.39, 0.29) is 11.4 Å². The van der Waals surface area contributed by atoms with Gasteiger partial charge in [-0.1, -0.05) is 17.7 Å². The van der Waals surface area contributed by atoms with Gasteiger partial charge in [0.05, 0.1) is 11.9 Å². The van der Waals surface area contributed by atoms with Gasteiger partial charge in [0.2, 0.25) is 0 Å². The summed E-state index contributed by atoms with van der Waals surface area (Å²) in [6.45, 7) is 1.90. The normalized spacial score (nSPS) is 10.5. The van der Waals surface area contributed by atoms with Gasteiger partial charge in [-0.3, -0.25) is 4.79 Å². The Hall–Kier alpha value is -2.01. The van der Waals surface area contributed by atoms with Gasteiger partial charge in [0.25, 0.3) is 5.91 Å². The van der Waals surface area contributed by atoms with Crippen LogP contribution in [0.3, 0.4) is 0 Å². The fourth-order valence-corrected chi connectivity index (χ4v) is 1.64. The summed E-state index contributed by atoms with van der Waals surface area (Å²) in [5.74, 6) is -0.399. The fourth-order valence-electron chi connectivity index (χ4n) is 1.47. The molecule has 6 heteroatoms. The molecular weight excluding hydrogens is 240 g/mol. The average molecular weight is 251 g/mol. The molecule has 0 unspecified atom stereocenters. The van der Waals surface area contributed by atoms with Crippen molar-refractivity contribution in [3.05, 3.63) is 40.5 Å². The number of nitrogen functional groups attached to an aromatic ring is 1. The van der Waals surface area contributed by atoms with E-state index in [2.05, 4.69) is 5.10 Å². The summed E-state index contributed by atoms with van der Waals surface area (Å²) >= 11 is 6.01. The lowest BCUT2D eigenvalue weighted by atomic mass is 10.2. The molecule has 0 aliphatic heterocycles. The molecule has 1 amide bonds. The van der Waals surface area contributed by atoms with Gasteiger partial charge in [-0.15, -0.1) is 0 Å². The van der Waals surface area contributed by atoms with E-state index in [1.54, 1.807) is 6.07 Å². The zero-order valence-corrected chi connectivity index (χ0v) is 9.90. The minimum Gasteiger partial charge on any atom is -0.383 e. The number of benzene rings is 1. The van der Waals surface area contributed by atoms with Gasteiger partial charge in [0.1, 0.15) is 11.4 Å². The van der Waals surface area contributed by atoms with E-state index in [1.807, 2.05) is 19.1 Å². The first-order valence-corrected chi connectivity index (χ1v) is 5.28. The van der Waals surface area contributed by atoms with Crippen molar-refractivity contribution in [2.24, 2.45) is 5.73 Å². The van der Waals surface area contributed by atoms with Crippen molar-refractivity contribution in [1.29, 1.82) is 0 Å².